The van der Waals surface area contributed by atoms with Crippen LogP contribution >= 0.6 is 23.2 Å². The van der Waals surface area contributed by atoms with E-state index < -0.39 is 28.5 Å². The Balaban J connectivity index is 3.78. The van der Waals surface area contributed by atoms with Crippen molar-refractivity contribution in [1.29, 1.82) is 0 Å². The molecule has 0 aromatic heterocycles. The number of hydrogen-bond donors (Lipinski definition) is 0. The van der Waals surface area contributed by atoms with Gasteiger partial charge in [0.05, 0.1) is 6.61 Å². The predicted molar refractivity (Wildman–Crippen MR) is 52.9 cm³/mol. The number of carbonyl (C=O) groups excluding carboxylic acids is 4. The van der Waals surface area contributed by atoms with Crippen LogP contribution in [0, 0.1) is 0 Å². The largest absolute Gasteiger partial charge is 0.459 e. The minimum Gasteiger partial charge on any atom is -0.459 e. The summed E-state index contributed by atoms with van der Waals surface area (Å²) in [4.78, 5) is 41.8. The molecule has 0 radical (unpaired) electrons. The van der Waals surface area contributed by atoms with E-state index in [2.05, 4.69) is 9.47 Å². The summed E-state index contributed by atoms with van der Waals surface area (Å²) in [5, 5.41) is -2.47. The highest BCUT2D eigenvalue weighted by atomic mass is 35.5. The Labute approximate surface area is 101 Å². The molecule has 8 heteroatoms. The summed E-state index contributed by atoms with van der Waals surface area (Å²) in [7, 11) is 0. The van der Waals surface area contributed by atoms with Gasteiger partial charge in [0.2, 0.25) is 0 Å². The van der Waals surface area contributed by atoms with E-state index in [0.29, 0.717) is 0 Å². The number of hydrogen-bond acceptors (Lipinski definition) is 6. The van der Waals surface area contributed by atoms with Gasteiger partial charge in [-0.15, -0.1) is 0 Å². The maximum atomic E-state index is 10.7. The van der Waals surface area contributed by atoms with Crippen LogP contribution in [0.4, 0.5) is 0 Å². The first kappa shape index (κ1) is 14.9. The van der Waals surface area contributed by atoms with E-state index in [-0.39, 0.29) is 13.0 Å². The Kier molecular flexibility index (Phi) is 6.67. The topological polar surface area (TPSA) is 86.7 Å². The fraction of sp³-hybridized carbons (Fsp3) is 0.500. The third-order valence-electron chi connectivity index (χ3n) is 1.39. The molecular weight excluding hydrogens is 263 g/mol. The van der Waals surface area contributed by atoms with Crippen LogP contribution in [0.1, 0.15) is 13.3 Å². The third-order valence-corrected chi connectivity index (χ3v) is 1.70. The molecule has 0 aromatic rings. The predicted octanol–water partition coefficient (Wildman–Crippen LogP) is 0.382. The van der Waals surface area contributed by atoms with Crippen LogP contribution in [0.5, 0.6) is 0 Å². The number of rotatable bonds is 6. The van der Waals surface area contributed by atoms with Gasteiger partial charge in [0.15, 0.2) is 0 Å². The van der Waals surface area contributed by atoms with Crippen molar-refractivity contribution in [2.45, 2.75) is 19.4 Å². The van der Waals surface area contributed by atoms with Crippen molar-refractivity contribution in [2.75, 3.05) is 6.61 Å². The Morgan fingerprint density at radius 2 is 1.56 bits per heavy atom. The molecule has 0 aliphatic rings. The normalized spacial score (nSPS) is 11.4. The van der Waals surface area contributed by atoms with Crippen molar-refractivity contribution in [1.82, 2.24) is 0 Å². The lowest BCUT2D eigenvalue weighted by Crippen LogP contribution is -2.22. The molecule has 0 aromatic carbocycles. The minimum atomic E-state index is -1.24. The van der Waals surface area contributed by atoms with E-state index in [1.54, 1.807) is 0 Å². The van der Waals surface area contributed by atoms with Crippen LogP contribution in [0.25, 0.3) is 0 Å². The zero-order valence-electron chi connectivity index (χ0n) is 8.20. The van der Waals surface area contributed by atoms with E-state index in [4.69, 9.17) is 23.2 Å². The molecule has 0 saturated carbocycles. The molecule has 0 bridgehead atoms. The van der Waals surface area contributed by atoms with E-state index in [0.717, 1.165) is 0 Å². The lowest BCUT2D eigenvalue weighted by atomic mass is 10.3. The molecule has 0 amide bonds. The number of ether oxygens (including phenoxy) is 2. The van der Waals surface area contributed by atoms with Crippen LogP contribution < -0.4 is 0 Å². The highest BCUT2D eigenvalue weighted by Gasteiger charge is 2.17. The highest BCUT2D eigenvalue weighted by Crippen LogP contribution is 2.01. The fourth-order valence-corrected chi connectivity index (χ4v) is 0.761. The second-order valence-electron chi connectivity index (χ2n) is 2.69. The average molecular weight is 271 g/mol. The second kappa shape index (κ2) is 7.19. The molecule has 16 heavy (non-hydrogen) atoms. The third kappa shape index (κ3) is 6.36. The van der Waals surface area contributed by atoms with Crippen LogP contribution in [0.2, 0.25) is 0 Å². The average Bonchev–Trinajstić information content (AvgIpc) is 2.16. The maximum absolute atomic E-state index is 10.7. The van der Waals surface area contributed by atoms with Crippen LogP contribution in [0.15, 0.2) is 0 Å². The van der Waals surface area contributed by atoms with Gasteiger partial charge in [-0.1, -0.05) is 0 Å². The summed E-state index contributed by atoms with van der Waals surface area (Å²) in [6.07, 6.45) is -0.556. The van der Waals surface area contributed by atoms with Crippen molar-refractivity contribution in [3.05, 3.63) is 0 Å². The Bertz CT molecular complexity index is 314. The molecule has 1 atom stereocenters. The minimum absolute atomic E-state index is 0.117. The molecule has 1 unspecified atom stereocenters. The Morgan fingerprint density at radius 1 is 1.06 bits per heavy atom. The lowest BCUT2D eigenvalue weighted by Gasteiger charge is -2.10. The van der Waals surface area contributed by atoms with E-state index in [1.807, 2.05) is 0 Å². The standard InChI is InChI=1S/C8H8Cl2O6/c1-4(16-8(14)6(10)12)2-3-15-7(13)5(9)11/h4H,2-3H2,1H3. The molecule has 0 aliphatic heterocycles. The second-order valence-corrected chi connectivity index (χ2v) is 3.37. The van der Waals surface area contributed by atoms with Crippen molar-refractivity contribution in [2.24, 2.45) is 0 Å². The van der Waals surface area contributed by atoms with E-state index in [1.165, 1.54) is 6.92 Å². The zero-order valence-corrected chi connectivity index (χ0v) is 9.71. The summed E-state index contributed by atoms with van der Waals surface area (Å²) in [5.41, 5.74) is 0. The SMILES string of the molecule is CC(CCOC(=O)C(=O)Cl)OC(=O)C(=O)Cl. The number of carbonyl (C=O) groups is 4. The van der Waals surface area contributed by atoms with Crippen LogP contribution in [0.3, 0.4) is 0 Å². The van der Waals surface area contributed by atoms with Crippen molar-refractivity contribution in [3.8, 4) is 0 Å². The van der Waals surface area contributed by atoms with Gasteiger partial charge in [0.1, 0.15) is 6.10 Å². The molecule has 0 spiro atoms. The Morgan fingerprint density at radius 3 is 2.00 bits per heavy atom. The fourth-order valence-electron chi connectivity index (χ4n) is 0.662. The molecule has 90 valence electrons. The monoisotopic (exact) mass is 270 g/mol. The van der Waals surface area contributed by atoms with Gasteiger partial charge in [0.25, 0.3) is 0 Å². The van der Waals surface area contributed by atoms with Gasteiger partial charge < -0.3 is 9.47 Å². The van der Waals surface area contributed by atoms with Gasteiger partial charge in [0, 0.05) is 6.42 Å². The first-order valence-corrected chi connectivity index (χ1v) is 4.87. The van der Waals surface area contributed by atoms with Gasteiger partial charge in [-0.25, -0.2) is 9.59 Å². The lowest BCUT2D eigenvalue weighted by molar-refractivity contribution is -0.156. The Hall–Kier alpha value is -1.14. The molecule has 6 nitrogen and oxygen atoms in total. The molecule has 0 rings (SSSR count). The zero-order chi connectivity index (χ0) is 12.7. The number of esters is 2. The summed E-state index contributed by atoms with van der Waals surface area (Å²) >= 11 is 9.65. The van der Waals surface area contributed by atoms with Gasteiger partial charge in [-0.05, 0) is 30.1 Å². The molecule has 0 N–H and O–H groups in total. The van der Waals surface area contributed by atoms with E-state index in [9.17, 15) is 19.2 Å². The van der Waals surface area contributed by atoms with Gasteiger partial charge in [-0.2, -0.15) is 0 Å². The first-order valence-electron chi connectivity index (χ1n) is 4.11. The number of halogens is 2. The summed E-state index contributed by atoms with van der Waals surface area (Å²) in [6, 6.07) is 0. The highest BCUT2D eigenvalue weighted by molar-refractivity contribution is 6.80. The van der Waals surface area contributed by atoms with Gasteiger partial charge in [-0.3, -0.25) is 9.59 Å². The summed E-state index contributed by atoms with van der Waals surface area (Å²) < 4.78 is 8.91. The quantitative estimate of drug-likeness (QED) is 0.394. The van der Waals surface area contributed by atoms with Crippen molar-refractivity contribution >= 4 is 45.6 Å². The molecular formula is C8H8Cl2O6. The van der Waals surface area contributed by atoms with Gasteiger partial charge >= 0.3 is 22.4 Å². The summed E-state index contributed by atoms with van der Waals surface area (Å²) in [6.45, 7) is 1.30. The molecule has 0 heterocycles. The van der Waals surface area contributed by atoms with Crippen LogP contribution in [-0.4, -0.2) is 35.1 Å². The summed E-state index contributed by atoms with van der Waals surface area (Å²) in [5.74, 6) is -2.37. The van der Waals surface area contributed by atoms with Crippen molar-refractivity contribution < 1.29 is 28.7 Å². The molecule has 0 saturated heterocycles. The molecule has 0 fully saturated rings. The maximum Gasteiger partial charge on any atom is 0.391 e. The molecule has 0 aliphatic carbocycles. The van der Waals surface area contributed by atoms with Crippen molar-refractivity contribution in [3.63, 3.8) is 0 Å². The smallest absolute Gasteiger partial charge is 0.391 e. The van der Waals surface area contributed by atoms with Crippen LogP contribution in [-0.2, 0) is 28.7 Å². The first-order chi connectivity index (χ1) is 7.34. The van der Waals surface area contributed by atoms with E-state index >= 15 is 0 Å².